The van der Waals surface area contributed by atoms with E-state index in [1.165, 1.54) is 37.1 Å². The molecule has 0 spiro atoms. The predicted molar refractivity (Wildman–Crippen MR) is 118 cm³/mol. The normalized spacial score (nSPS) is 15.2. The zero-order valence-electron chi connectivity index (χ0n) is 18.4. The van der Waals surface area contributed by atoms with Crippen LogP contribution < -0.4 is 16.0 Å². The van der Waals surface area contributed by atoms with Gasteiger partial charge in [-0.05, 0) is 64.8 Å². The maximum atomic E-state index is 11.7. The number of hydrogen-bond donors (Lipinski definition) is 3. The third-order valence-corrected chi connectivity index (χ3v) is 4.48. The van der Waals surface area contributed by atoms with Gasteiger partial charge in [0.2, 0.25) is 0 Å². The molecular weight excluding hydrogens is 366 g/mol. The highest BCUT2D eigenvalue weighted by atomic mass is 16.6. The van der Waals surface area contributed by atoms with Gasteiger partial charge in [-0.25, -0.2) is 9.79 Å². The summed E-state index contributed by atoms with van der Waals surface area (Å²) < 4.78 is 5.22. The van der Waals surface area contributed by atoms with E-state index in [0.29, 0.717) is 19.6 Å². The quantitative estimate of drug-likeness (QED) is 0.353. The van der Waals surface area contributed by atoms with Gasteiger partial charge in [0.1, 0.15) is 5.60 Å². The third kappa shape index (κ3) is 9.65. The summed E-state index contributed by atoms with van der Waals surface area (Å²) in [7, 11) is 0. The molecule has 0 aliphatic carbocycles. The lowest BCUT2D eigenvalue weighted by atomic mass is 10.1. The first-order chi connectivity index (χ1) is 13.9. The van der Waals surface area contributed by atoms with Gasteiger partial charge in [-0.3, -0.25) is 4.90 Å². The second kappa shape index (κ2) is 11.7. The van der Waals surface area contributed by atoms with Crippen LogP contribution in [0.25, 0.3) is 0 Å². The Kier molecular flexibility index (Phi) is 9.25. The van der Waals surface area contributed by atoms with E-state index in [1.54, 1.807) is 0 Å². The highest BCUT2D eigenvalue weighted by Gasteiger charge is 2.15. The van der Waals surface area contributed by atoms with Gasteiger partial charge >= 0.3 is 6.09 Å². The molecule has 29 heavy (non-hydrogen) atoms. The molecule has 1 aliphatic rings. The van der Waals surface area contributed by atoms with Gasteiger partial charge < -0.3 is 20.7 Å². The van der Waals surface area contributed by atoms with E-state index in [1.807, 2.05) is 27.7 Å². The molecule has 0 saturated carbocycles. The van der Waals surface area contributed by atoms with Crippen molar-refractivity contribution in [1.29, 1.82) is 0 Å². The van der Waals surface area contributed by atoms with Gasteiger partial charge in [0.05, 0.1) is 6.54 Å². The smallest absolute Gasteiger partial charge is 0.407 e. The first-order valence-electron chi connectivity index (χ1n) is 10.6. The van der Waals surface area contributed by atoms with Gasteiger partial charge in [0, 0.05) is 26.2 Å². The molecule has 0 unspecified atom stereocenters. The Labute approximate surface area is 175 Å². The minimum Gasteiger partial charge on any atom is -0.444 e. The van der Waals surface area contributed by atoms with Crippen LogP contribution in [0.15, 0.2) is 29.3 Å². The molecule has 1 amide bonds. The number of amides is 1. The van der Waals surface area contributed by atoms with Gasteiger partial charge in [-0.15, -0.1) is 0 Å². The molecule has 2 rings (SSSR count). The SMILES string of the molecule is CCNC(=NCc1ccc(CN2CCCC2)cc1)NCCNC(=O)OC(C)(C)C. The van der Waals surface area contributed by atoms with Crippen molar-refractivity contribution in [2.45, 2.75) is 59.2 Å². The molecule has 1 aliphatic heterocycles. The van der Waals surface area contributed by atoms with Crippen molar-refractivity contribution in [3.63, 3.8) is 0 Å². The largest absolute Gasteiger partial charge is 0.444 e. The number of nitrogens with one attached hydrogen (secondary N) is 3. The number of ether oxygens (including phenoxy) is 1. The summed E-state index contributed by atoms with van der Waals surface area (Å²) in [6.45, 7) is 13.5. The lowest BCUT2D eigenvalue weighted by molar-refractivity contribution is 0.0529. The van der Waals surface area contributed by atoms with Crippen molar-refractivity contribution in [2.24, 2.45) is 4.99 Å². The van der Waals surface area contributed by atoms with Crippen LogP contribution in [-0.2, 0) is 17.8 Å². The molecule has 1 fully saturated rings. The summed E-state index contributed by atoms with van der Waals surface area (Å²) in [6, 6.07) is 8.72. The Bertz CT molecular complexity index is 646. The minimum atomic E-state index is -0.488. The van der Waals surface area contributed by atoms with Crippen molar-refractivity contribution in [1.82, 2.24) is 20.9 Å². The van der Waals surface area contributed by atoms with E-state index in [0.717, 1.165) is 19.0 Å². The number of hydrogen-bond acceptors (Lipinski definition) is 4. The molecule has 7 nitrogen and oxygen atoms in total. The van der Waals surface area contributed by atoms with Crippen LogP contribution in [0.2, 0.25) is 0 Å². The number of carbonyl (C=O) groups excluding carboxylic acids is 1. The monoisotopic (exact) mass is 403 g/mol. The fourth-order valence-electron chi connectivity index (χ4n) is 3.12. The zero-order valence-corrected chi connectivity index (χ0v) is 18.4. The predicted octanol–water partition coefficient (Wildman–Crippen LogP) is 2.86. The summed E-state index contributed by atoms with van der Waals surface area (Å²) in [6.07, 6.45) is 2.23. The van der Waals surface area contributed by atoms with Crippen LogP contribution in [-0.4, -0.2) is 55.3 Å². The van der Waals surface area contributed by atoms with Crippen LogP contribution in [0.4, 0.5) is 4.79 Å². The molecule has 0 aromatic heterocycles. The molecule has 7 heteroatoms. The molecule has 1 heterocycles. The average molecular weight is 404 g/mol. The van der Waals surface area contributed by atoms with Gasteiger partial charge in [-0.1, -0.05) is 24.3 Å². The second-order valence-electron chi connectivity index (χ2n) is 8.35. The third-order valence-electron chi connectivity index (χ3n) is 4.48. The minimum absolute atomic E-state index is 0.407. The highest BCUT2D eigenvalue weighted by molar-refractivity contribution is 5.79. The average Bonchev–Trinajstić information content (AvgIpc) is 3.16. The number of likely N-dealkylation sites (tertiary alicyclic amines) is 1. The van der Waals surface area contributed by atoms with Crippen molar-refractivity contribution in [3.8, 4) is 0 Å². The number of benzene rings is 1. The molecule has 0 radical (unpaired) electrons. The van der Waals surface area contributed by atoms with Crippen LogP contribution in [0, 0.1) is 0 Å². The molecular formula is C22H37N5O2. The maximum absolute atomic E-state index is 11.7. The standard InChI is InChI=1S/C22H37N5O2/c1-5-23-20(24-12-13-25-21(28)29-22(2,3)4)26-16-18-8-10-19(11-9-18)17-27-14-6-7-15-27/h8-11H,5-7,12-17H2,1-4H3,(H,25,28)(H2,23,24,26). The van der Waals surface area contributed by atoms with Crippen LogP contribution >= 0.6 is 0 Å². The molecule has 1 aromatic carbocycles. The number of guanidine groups is 1. The van der Waals surface area contributed by atoms with Crippen molar-refractivity contribution >= 4 is 12.1 Å². The molecule has 3 N–H and O–H groups in total. The van der Waals surface area contributed by atoms with E-state index < -0.39 is 11.7 Å². The Morgan fingerprint density at radius 3 is 2.28 bits per heavy atom. The summed E-state index contributed by atoms with van der Waals surface area (Å²) in [4.78, 5) is 18.8. The summed E-state index contributed by atoms with van der Waals surface area (Å²) in [5.74, 6) is 0.736. The number of rotatable bonds is 8. The number of aliphatic imine (C=N–C) groups is 1. The summed E-state index contributed by atoms with van der Waals surface area (Å²) >= 11 is 0. The van der Waals surface area contributed by atoms with E-state index in [-0.39, 0.29) is 0 Å². The van der Waals surface area contributed by atoms with E-state index >= 15 is 0 Å². The van der Waals surface area contributed by atoms with Crippen LogP contribution in [0.1, 0.15) is 51.7 Å². The Balaban J connectivity index is 1.75. The molecule has 0 bridgehead atoms. The Morgan fingerprint density at radius 2 is 1.66 bits per heavy atom. The maximum Gasteiger partial charge on any atom is 0.407 e. The van der Waals surface area contributed by atoms with Gasteiger partial charge in [-0.2, -0.15) is 0 Å². The van der Waals surface area contributed by atoms with Crippen molar-refractivity contribution < 1.29 is 9.53 Å². The number of nitrogens with zero attached hydrogens (tertiary/aromatic N) is 2. The summed E-state index contributed by atoms with van der Waals surface area (Å²) in [5.41, 5.74) is 2.05. The first kappa shape index (κ1) is 23.0. The van der Waals surface area contributed by atoms with Gasteiger partial charge in [0.25, 0.3) is 0 Å². The van der Waals surface area contributed by atoms with E-state index in [4.69, 9.17) is 4.74 Å². The van der Waals surface area contributed by atoms with Crippen molar-refractivity contribution in [3.05, 3.63) is 35.4 Å². The van der Waals surface area contributed by atoms with Crippen molar-refractivity contribution in [2.75, 3.05) is 32.7 Å². The van der Waals surface area contributed by atoms with Crippen LogP contribution in [0.5, 0.6) is 0 Å². The second-order valence-corrected chi connectivity index (χ2v) is 8.35. The number of carbonyl (C=O) groups is 1. The lowest BCUT2D eigenvalue weighted by Crippen LogP contribution is -2.42. The fraction of sp³-hybridized carbons (Fsp3) is 0.636. The van der Waals surface area contributed by atoms with E-state index in [9.17, 15) is 4.79 Å². The fourth-order valence-corrected chi connectivity index (χ4v) is 3.12. The highest BCUT2D eigenvalue weighted by Crippen LogP contribution is 2.13. The van der Waals surface area contributed by atoms with Crippen LogP contribution in [0.3, 0.4) is 0 Å². The topological polar surface area (TPSA) is 78.0 Å². The molecule has 162 valence electrons. The molecule has 1 aromatic rings. The Morgan fingerprint density at radius 1 is 1.03 bits per heavy atom. The Hall–Kier alpha value is -2.28. The summed E-state index contributed by atoms with van der Waals surface area (Å²) in [5, 5.41) is 9.19. The first-order valence-corrected chi connectivity index (χ1v) is 10.6. The number of alkyl carbamates (subject to hydrolysis) is 1. The lowest BCUT2D eigenvalue weighted by Gasteiger charge is -2.20. The van der Waals surface area contributed by atoms with Gasteiger partial charge in [0.15, 0.2) is 5.96 Å². The molecule has 1 saturated heterocycles. The van der Waals surface area contributed by atoms with E-state index in [2.05, 4.69) is 50.1 Å². The molecule has 0 atom stereocenters. The zero-order chi connectivity index (χ0) is 21.1.